The lowest BCUT2D eigenvalue weighted by Crippen LogP contribution is -2.56. The van der Waals surface area contributed by atoms with E-state index in [0.717, 1.165) is 32.1 Å². The van der Waals surface area contributed by atoms with Crippen LogP contribution >= 0.6 is 0 Å². The monoisotopic (exact) mass is 380 g/mol. The number of amides is 1. The summed E-state index contributed by atoms with van der Waals surface area (Å²) < 4.78 is 5.18. The molecule has 0 unspecified atom stereocenters. The first-order valence-electron chi connectivity index (χ1n) is 10.3. The van der Waals surface area contributed by atoms with Crippen LogP contribution in [0.3, 0.4) is 0 Å². The Labute approximate surface area is 162 Å². The van der Waals surface area contributed by atoms with Crippen molar-refractivity contribution in [1.29, 1.82) is 0 Å². The smallest absolute Gasteiger partial charge is 0.326 e. The molecular formula is C19H33BN2O5. The highest BCUT2D eigenvalue weighted by Gasteiger charge is 2.49. The van der Waals surface area contributed by atoms with E-state index in [1.807, 2.05) is 6.92 Å². The molecule has 0 aromatic carbocycles. The zero-order chi connectivity index (χ0) is 20.1. The van der Waals surface area contributed by atoms with Gasteiger partial charge in [-0.05, 0) is 45.4 Å². The number of hydrogen-bond acceptors (Lipinski definition) is 5. The van der Waals surface area contributed by atoms with Crippen LogP contribution in [0.25, 0.3) is 0 Å². The first-order valence-corrected chi connectivity index (χ1v) is 10.3. The molecule has 1 saturated carbocycles. The number of nitrogens with zero attached hydrogens (tertiary/aromatic N) is 2. The minimum atomic E-state index is -0.928. The second kappa shape index (κ2) is 9.58. The Morgan fingerprint density at radius 2 is 1.93 bits per heavy atom. The summed E-state index contributed by atoms with van der Waals surface area (Å²) in [4.78, 5) is 40.8. The molecule has 2 rings (SSSR count). The van der Waals surface area contributed by atoms with Crippen LogP contribution < -0.4 is 0 Å². The molecule has 0 radical (unpaired) electrons. The van der Waals surface area contributed by atoms with Crippen molar-refractivity contribution >= 4 is 25.8 Å². The number of aliphatic carboxylic acids is 1. The average Bonchev–Trinajstić information content (AvgIpc) is 3.04. The number of carboxylic acid groups (broad SMARTS) is 1. The van der Waals surface area contributed by atoms with Gasteiger partial charge in [0.25, 0.3) is 0 Å². The highest BCUT2D eigenvalue weighted by atomic mass is 16.5. The summed E-state index contributed by atoms with van der Waals surface area (Å²) in [6.07, 6.45) is 5.92. The van der Waals surface area contributed by atoms with Crippen LogP contribution in [0.1, 0.15) is 65.7 Å². The lowest BCUT2D eigenvalue weighted by molar-refractivity contribution is -0.154. The van der Waals surface area contributed by atoms with Crippen LogP contribution in [0.15, 0.2) is 0 Å². The van der Waals surface area contributed by atoms with E-state index in [1.165, 1.54) is 0 Å². The Hall–Kier alpha value is -1.57. The molecule has 1 heterocycles. The van der Waals surface area contributed by atoms with Gasteiger partial charge in [0.05, 0.1) is 18.7 Å². The zero-order valence-electron chi connectivity index (χ0n) is 17.0. The van der Waals surface area contributed by atoms with Crippen molar-refractivity contribution in [2.24, 2.45) is 5.92 Å². The van der Waals surface area contributed by atoms with Gasteiger partial charge < -0.3 is 19.6 Å². The van der Waals surface area contributed by atoms with Gasteiger partial charge in [-0.3, -0.25) is 9.59 Å². The van der Waals surface area contributed by atoms with E-state index < -0.39 is 24.1 Å². The number of rotatable bonds is 8. The maximum absolute atomic E-state index is 13.3. The Bertz CT molecular complexity index is 558. The molecule has 2 aliphatic rings. The van der Waals surface area contributed by atoms with Gasteiger partial charge in [0.15, 0.2) is 7.98 Å². The van der Waals surface area contributed by atoms with Gasteiger partial charge >= 0.3 is 11.9 Å². The van der Waals surface area contributed by atoms with Crippen LogP contribution in [0.4, 0.5) is 0 Å². The molecule has 0 spiro atoms. The SMILES string of the molecule is BN([C@@H](C)C(=O)N1[C@H](C(=O)O)C[C@@H]2CCCC[C@@H]21)[C@@H](CCC)C(=O)OCC. The number of carboxylic acids is 1. The summed E-state index contributed by atoms with van der Waals surface area (Å²) in [5.41, 5.74) is 0. The summed E-state index contributed by atoms with van der Waals surface area (Å²) in [6, 6.07) is -1.82. The number of likely N-dealkylation sites (tertiary alicyclic amines) is 1. The summed E-state index contributed by atoms with van der Waals surface area (Å²) >= 11 is 0. The lowest BCUT2D eigenvalue weighted by atomic mass is 9.84. The van der Waals surface area contributed by atoms with Crippen molar-refractivity contribution in [3.63, 3.8) is 0 Å². The van der Waals surface area contributed by atoms with Crippen LogP contribution in [0.2, 0.25) is 0 Å². The Morgan fingerprint density at radius 1 is 1.26 bits per heavy atom. The summed E-state index contributed by atoms with van der Waals surface area (Å²) in [5, 5.41) is 9.67. The average molecular weight is 380 g/mol. The van der Waals surface area contributed by atoms with E-state index in [1.54, 1.807) is 31.5 Å². The second-order valence-corrected chi connectivity index (χ2v) is 7.85. The standard InChI is InChI=1S/C19H33BN2O5/c1-4-8-15(19(26)27-5-2)22(20)12(3)17(23)21-14-10-7-6-9-13(14)11-16(21)18(24)25/h12-16H,4-11,20H2,1-3H3,(H,24,25)/t12-,13-,14-,15-,16-/m0/s1. The van der Waals surface area contributed by atoms with E-state index in [-0.39, 0.29) is 23.8 Å². The minimum Gasteiger partial charge on any atom is -0.480 e. The second-order valence-electron chi connectivity index (χ2n) is 7.85. The molecule has 8 heteroatoms. The number of carbonyl (C=O) groups excluding carboxylic acids is 2. The van der Waals surface area contributed by atoms with Gasteiger partial charge in [0, 0.05) is 6.04 Å². The predicted molar refractivity (Wildman–Crippen MR) is 104 cm³/mol. The molecule has 1 saturated heterocycles. The molecule has 1 aliphatic carbocycles. The fourth-order valence-corrected chi connectivity index (χ4v) is 4.66. The molecule has 5 atom stereocenters. The van der Waals surface area contributed by atoms with Gasteiger partial charge in [0.1, 0.15) is 6.04 Å². The quantitative estimate of drug-likeness (QED) is 0.503. The lowest BCUT2D eigenvalue weighted by Gasteiger charge is -2.38. The van der Waals surface area contributed by atoms with Crippen molar-refractivity contribution in [2.75, 3.05) is 6.61 Å². The van der Waals surface area contributed by atoms with E-state index >= 15 is 0 Å². The van der Waals surface area contributed by atoms with Crippen LogP contribution in [-0.4, -0.2) is 71.4 Å². The van der Waals surface area contributed by atoms with Crippen LogP contribution in [-0.2, 0) is 19.1 Å². The fourth-order valence-electron chi connectivity index (χ4n) is 4.66. The highest BCUT2D eigenvalue weighted by Crippen LogP contribution is 2.40. The van der Waals surface area contributed by atoms with Gasteiger partial charge in [-0.25, -0.2) is 4.79 Å². The molecule has 2 fully saturated rings. The molecule has 1 aliphatic heterocycles. The minimum absolute atomic E-state index is 0.00965. The first kappa shape index (κ1) is 21.7. The van der Waals surface area contributed by atoms with E-state index in [2.05, 4.69) is 0 Å². The maximum Gasteiger partial charge on any atom is 0.326 e. The fraction of sp³-hybridized carbons (Fsp3) is 0.842. The molecule has 0 aromatic rings. The van der Waals surface area contributed by atoms with Gasteiger partial charge in [-0.15, -0.1) is 0 Å². The number of esters is 1. The third-order valence-corrected chi connectivity index (χ3v) is 6.21. The molecule has 7 nitrogen and oxygen atoms in total. The van der Waals surface area contributed by atoms with Crippen molar-refractivity contribution in [3.05, 3.63) is 0 Å². The summed E-state index contributed by atoms with van der Waals surface area (Å²) in [7, 11) is 1.75. The van der Waals surface area contributed by atoms with Crippen LogP contribution in [0.5, 0.6) is 0 Å². The maximum atomic E-state index is 13.3. The van der Waals surface area contributed by atoms with Crippen molar-refractivity contribution < 1.29 is 24.2 Å². The highest BCUT2D eigenvalue weighted by molar-refractivity contribution is 6.09. The zero-order valence-corrected chi connectivity index (χ0v) is 17.0. The Balaban J connectivity index is 2.19. The molecule has 0 aromatic heterocycles. The molecule has 1 N–H and O–H groups in total. The van der Waals surface area contributed by atoms with E-state index in [4.69, 9.17) is 4.74 Å². The van der Waals surface area contributed by atoms with Gasteiger partial charge in [-0.2, -0.15) is 0 Å². The predicted octanol–water partition coefficient (Wildman–Crippen LogP) is 1.20. The van der Waals surface area contributed by atoms with Crippen molar-refractivity contribution in [2.45, 2.75) is 89.9 Å². The molecule has 27 heavy (non-hydrogen) atoms. The van der Waals surface area contributed by atoms with E-state index in [0.29, 0.717) is 19.4 Å². The number of carbonyl (C=O) groups is 3. The van der Waals surface area contributed by atoms with E-state index in [9.17, 15) is 19.5 Å². The number of ether oxygens (including phenoxy) is 1. The number of fused-ring (bicyclic) bond motifs is 1. The third-order valence-electron chi connectivity index (χ3n) is 6.21. The number of hydrogen-bond donors (Lipinski definition) is 1. The molecule has 0 bridgehead atoms. The van der Waals surface area contributed by atoms with Crippen LogP contribution in [0, 0.1) is 5.92 Å². The third kappa shape index (κ3) is 4.65. The Kier molecular flexibility index (Phi) is 7.71. The molecule has 1 amide bonds. The normalized spacial score (nSPS) is 27.1. The largest absolute Gasteiger partial charge is 0.480 e. The van der Waals surface area contributed by atoms with Crippen molar-refractivity contribution in [1.82, 2.24) is 9.71 Å². The van der Waals surface area contributed by atoms with Gasteiger partial charge in [-0.1, -0.05) is 26.2 Å². The molecule has 152 valence electrons. The summed E-state index contributed by atoms with van der Waals surface area (Å²) in [5.74, 6) is -1.17. The van der Waals surface area contributed by atoms with Gasteiger partial charge in [0.2, 0.25) is 5.91 Å². The first-order chi connectivity index (χ1) is 12.8. The Morgan fingerprint density at radius 3 is 2.52 bits per heavy atom. The van der Waals surface area contributed by atoms with Crippen molar-refractivity contribution in [3.8, 4) is 0 Å². The molecular weight excluding hydrogens is 347 g/mol. The summed E-state index contributed by atoms with van der Waals surface area (Å²) in [6.45, 7) is 5.81. The topological polar surface area (TPSA) is 87.2 Å².